The van der Waals surface area contributed by atoms with Gasteiger partial charge in [0.05, 0.1) is 0 Å². The van der Waals surface area contributed by atoms with Crippen LogP contribution in [0.4, 0.5) is 0 Å². The monoisotopic (exact) mass is 1060 g/mol. The molecule has 2 unspecified atom stereocenters. The second-order valence-electron chi connectivity index (χ2n) is 20.0. The molecule has 0 fully saturated rings. The van der Waals surface area contributed by atoms with E-state index in [-0.39, 0.29) is 11.9 Å². The number of carbonyl (C=O) groups is 2. The summed E-state index contributed by atoms with van der Waals surface area (Å²) in [4.78, 5) is 28.2. The number of hydrogen-bond acceptors (Lipinski definition) is 6. The summed E-state index contributed by atoms with van der Waals surface area (Å²) in [5, 5.41) is 0. The first kappa shape index (κ1) is 64.9. The van der Waals surface area contributed by atoms with E-state index in [1.165, 1.54) is 218 Å². The second-order valence-corrected chi connectivity index (χ2v) is 29.9. The molecule has 0 aliphatic carbocycles. The van der Waals surface area contributed by atoms with Crippen LogP contribution in [0.3, 0.4) is 0 Å². The quantitative estimate of drug-likeness (QED) is 0.0276. The van der Waals surface area contributed by atoms with Gasteiger partial charge in [-0.1, -0.05) is 117 Å². The minimum atomic E-state index is -4.24. The third-order valence-corrected chi connectivity index (χ3v) is 24.0. The van der Waals surface area contributed by atoms with Crippen LogP contribution in [0.5, 0.6) is 0 Å². The zero-order chi connectivity index (χ0) is 47.6. The van der Waals surface area contributed by atoms with Crippen molar-refractivity contribution in [1.29, 1.82) is 0 Å². The number of rotatable bonds is 52. The standard InChI is InChI=1S/2C21H40O2S.2C8H17.Sn/c2*1-2-3-4-5-6-7-8-9-10-11-12-13-14-15-16-17-18-20(19-24)21(22)23;2*1-3-5-7-8-6-4-2;/h2*17-18,20,24H,2-16,19H2,1H3,(H,22,23);2*1,3-8H2,2H3;/q;;;;+2/p-2. The van der Waals surface area contributed by atoms with Crippen LogP contribution in [0.2, 0.25) is 8.87 Å². The van der Waals surface area contributed by atoms with Crippen molar-refractivity contribution in [2.24, 2.45) is 11.8 Å². The molecule has 0 saturated heterocycles. The Bertz CT molecular complexity index is 984. The molecule has 0 radical (unpaired) electrons. The van der Waals surface area contributed by atoms with E-state index in [1.807, 2.05) is 12.2 Å². The van der Waals surface area contributed by atoms with Crippen molar-refractivity contribution >= 4 is 56.4 Å². The number of unbranched alkanes of at least 4 members (excludes halogenated alkanes) is 38. The van der Waals surface area contributed by atoms with E-state index < -0.39 is 31.0 Å². The van der Waals surface area contributed by atoms with Crippen molar-refractivity contribution in [2.75, 3.05) is 11.5 Å². The number of thiol groups is 2. The fourth-order valence-electron chi connectivity index (χ4n) is 9.08. The third-order valence-electron chi connectivity index (χ3n) is 13.6. The molecule has 0 rings (SSSR count). The van der Waals surface area contributed by atoms with Crippen LogP contribution >= 0.6 is 25.3 Å². The normalized spacial score (nSPS) is 13.0. The van der Waals surface area contributed by atoms with Gasteiger partial charge < -0.3 is 0 Å². The van der Waals surface area contributed by atoms with Crippen LogP contribution in [0.25, 0.3) is 0 Å². The zero-order valence-corrected chi connectivity index (χ0v) is 48.7. The van der Waals surface area contributed by atoms with E-state index in [4.69, 9.17) is 6.15 Å². The number of carbonyl (C=O) groups excluding carboxylic acids is 2. The van der Waals surface area contributed by atoms with Gasteiger partial charge in [0.25, 0.3) is 0 Å². The summed E-state index contributed by atoms with van der Waals surface area (Å²) in [7, 11) is 0. The van der Waals surface area contributed by atoms with Gasteiger partial charge in [0, 0.05) is 0 Å². The van der Waals surface area contributed by atoms with Crippen LogP contribution in [-0.4, -0.2) is 42.6 Å². The fourth-order valence-corrected chi connectivity index (χ4v) is 19.1. The zero-order valence-electron chi connectivity index (χ0n) is 44.0. The Labute approximate surface area is 423 Å². The molecule has 4 nitrogen and oxygen atoms in total. The van der Waals surface area contributed by atoms with Crippen LogP contribution < -0.4 is 0 Å². The molecule has 0 spiro atoms. The van der Waals surface area contributed by atoms with Crippen LogP contribution in [0.1, 0.15) is 297 Å². The van der Waals surface area contributed by atoms with Gasteiger partial charge >= 0.3 is 309 Å². The minimum absolute atomic E-state index is 0.228. The molecule has 0 saturated carbocycles. The second kappa shape index (κ2) is 51.8. The predicted molar refractivity (Wildman–Crippen MR) is 297 cm³/mol. The topological polar surface area (TPSA) is 52.6 Å². The van der Waals surface area contributed by atoms with Crippen LogP contribution in [0.15, 0.2) is 24.3 Å². The maximum absolute atomic E-state index is 14.1. The molecular formula is C58H112O4S2Sn. The van der Waals surface area contributed by atoms with Crippen molar-refractivity contribution in [3.8, 4) is 0 Å². The van der Waals surface area contributed by atoms with Crippen molar-refractivity contribution in [3.63, 3.8) is 0 Å². The molecule has 2 atom stereocenters. The van der Waals surface area contributed by atoms with Gasteiger partial charge in [-0.2, -0.15) is 0 Å². The molecule has 0 amide bonds. The molecule has 0 aromatic heterocycles. The van der Waals surface area contributed by atoms with E-state index in [0.717, 1.165) is 60.2 Å². The summed E-state index contributed by atoms with van der Waals surface area (Å²) in [5.41, 5.74) is 0. The predicted octanol–water partition coefficient (Wildman–Crippen LogP) is 20.2. The first-order valence-corrected chi connectivity index (χ1v) is 36.6. The summed E-state index contributed by atoms with van der Waals surface area (Å²) in [5.74, 6) is -0.486. The first-order chi connectivity index (χ1) is 31.9. The molecular weight excluding hydrogens is 943 g/mol. The van der Waals surface area contributed by atoms with E-state index in [1.54, 1.807) is 0 Å². The molecule has 7 heteroatoms. The van der Waals surface area contributed by atoms with Crippen molar-refractivity contribution < 1.29 is 15.7 Å². The van der Waals surface area contributed by atoms with Crippen LogP contribution in [-0.2, 0) is 15.7 Å². The SMILES string of the molecule is CCCCCCCCCCCCCCCCC=CC(CS)C(=O)[O][Sn]([CH2]CCCCCCC)([CH2]CCCCCCC)[O]C(=O)C(C=CCCCCCCCCCCCCCCCC)CS. The van der Waals surface area contributed by atoms with Crippen molar-refractivity contribution in [1.82, 2.24) is 0 Å². The van der Waals surface area contributed by atoms with E-state index >= 15 is 0 Å². The molecule has 0 heterocycles. The fraction of sp³-hybridized carbons (Fsp3) is 0.897. The Hall–Kier alpha value is -0.0813. The summed E-state index contributed by atoms with van der Waals surface area (Å²) in [6, 6.07) is 0. The van der Waals surface area contributed by atoms with Gasteiger partial charge in [-0.15, -0.1) is 0 Å². The van der Waals surface area contributed by atoms with Crippen molar-refractivity contribution in [2.45, 2.75) is 306 Å². The van der Waals surface area contributed by atoms with Gasteiger partial charge in [-0.3, -0.25) is 0 Å². The number of allylic oxidation sites excluding steroid dienone is 2. The van der Waals surface area contributed by atoms with Gasteiger partial charge in [0.15, 0.2) is 0 Å². The van der Waals surface area contributed by atoms with E-state index in [9.17, 15) is 9.59 Å². The van der Waals surface area contributed by atoms with Gasteiger partial charge in [-0.25, -0.2) is 0 Å². The third kappa shape index (κ3) is 42.5. The Morgan fingerprint density at radius 3 is 0.800 bits per heavy atom. The first-order valence-electron chi connectivity index (χ1n) is 28.9. The van der Waals surface area contributed by atoms with Crippen LogP contribution in [0, 0.1) is 11.8 Å². The average Bonchev–Trinajstić information content (AvgIpc) is 3.30. The molecule has 0 N–H and O–H groups in total. The molecule has 0 aliphatic rings. The molecule has 0 aromatic carbocycles. The Morgan fingerprint density at radius 2 is 0.569 bits per heavy atom. The molecule has 0 aromatic rings. The van der Waals surface area contributed by atoms with E-state index in [2.05, 4.69) is 65.1 Å². The van der Waals surface area contributed by atoms with Gasteiger partial charge in [0.1, 0.15) is 0 Å². The van der Waals surface area contributed by atoms with Crippen molar-refractivity contribution in [3.05, 3.63) is 24.3 Å². The molecule has 0 aliphatic heterocycles. The summed E-state index contributed by atoms with van der Waals surface area (Å²) in [6.45, 7) is 9.08. The summed E-state index contributed by atoms with van der Waals surface area (Å²) >= 11 is 5.04. The Kier molecular flexibility index (Phi) is 51.7. The summed E-state index contributed by atoms with van der Waals surface area (Å²) in [6.07, 6.45) is 62.1. The van der Waals surface area contributed by atoms with E-state index in [0.29, 0.717) is 11.5 Å². The van der Waals surface area contributed by atoms with Gasteiger partial charge in [-0.05, 0) is 0 Å². The molecule has 384 valence electrons. The Balaban J connectivity index is 5.28. The van der Waals surface area contributed by atoms with Gasteiger partial charge in [0.2, 0.25) is 0 Å². The average molecular weight is 1060 g/mol. The summed E-state index contributed by atoms with van der Waals surface area (Å²) < 4.78 is 14.9. The maximum atomic E-state index is 14.1. The number of hydrogen-bond donors (Lipinski definition) is 2. The Morgan fingerprint density at radius 1 is 0.354 bits per heavy atom. The molecule has 0 bridgehead atoms. The molecule has 65 heavy (non-hydrogen) atoms.